The molecule has 0 saturated heterocycles. The normalized spacial score (nSPS) is 12.0. The zero-order valence-corrected chi connectivity index (χ0v) is 12.2. The van der Waals surface area contributed by atoms with Crippen LogP contribution in [0.15, 0.2) is 24.5 Å². The number of nitrogen functional groups attached to an aromatic ring is 1. The van der Waals surface area contributed by atoms with E-state index >= 15 is 0 Å². The van der Waals surface area contributed by atoms with Crippen LogP contribution in [0.5, 0.6) is 0 Å². The minimum Gasteiger partial charge on any atom is -0.393 e. The summed E-state index contributed by atoms with van der Waals surface area (Å²) in [5, 5.41) is 5.91. The summed E-state index contributed by atoms with van der Waals surface area (Å²) >= 11 is 0. The van der Waals surface area contributed by atoms with E-state index in [-0.39, 0.29) is 11.7 Å². The van der Waals surface area contributed by atoms with E-state index in [9.17, 15) is 8.78 Å². The summed E-state index contributed by atoms with van der Waals surface area (Å²) in [4.78, 5) is 8.06. The van der Waals surface area contributed by atoms with Gasteiger partial charge in [0.1, 0.15) is 12.0 Å². The van der Waals surface area contributed by atoms with Gasteiger partial charge in [0.15, 0.2) is 23.3 Å². The number of aromatic nitrogens is 2. The lowest BCUT2D eigenvalue weighted by Crippen LogP contribution is -2.22. The first-order valence-corrected chi connectivity index (χ1v) is 6.59. The van der Waals surface area contributed by atoms with Crippen molar-refractivity contribution in [1.82, 2.24) is 9.97 Å². The Hall–Kier alpha value is -2.48. The summed E-state index contributed by atoms with van der Waals surface area (Å²) in [5.74, 6) is -1.14. The van der Waals surface area contributed by atoms with Gasteiger partial charge in [-0.3, -0.25) is 0 Å². The van der Waals surface area contributed by atoms with Crippen molar-refractivity contribution >= 4 is 23.0 Å². The Morgan fingerprint density at radius 2 is 1.95 bits per heavy atom. The van der Waals surface area contributed by atoms with Gasteiger partial charge in [0.2, 0.25) is 0 Å². The van der Waals surface area contributed by atoms with E-state index in [0.29, 0.717) is 23.9 Å². The number of nitrogens with zero attached hydrogens (tertiary/aromatic N) is 2. The number of benzene rings is 1. The Labute approximate surface area is 126 Å². The summed E-state index contributed by atoms with van der Waals surface area (Å²) in [7, 11) is 1.59. The Kier molecular flexibility index (Phi) is 5.05. The number of hydrogen-bond donors (Lipinski definition) is 3. The van der Waals surface area contributed by atoms with Crippen LogP contribution in [0.1, 0.15) is 6.92 Å². The Balaban J connectivity index is 2.19. The van der Waals surface area contributed by atoms with Crippen molar-refractivity contribution in [2.75, 3.05) is 30.1 Å². The van der Waals surface area contributed by atoms with Gasteiger partial charge in [-0.05, 0) is 19.1 Å². The minimum absolute atomic E-state index is 0.00156. The van der Waals surface area contributed by atoms with Crippen LogP contribution in [-0.2, 0) is 4.74 Å². The number of rotatable bonds is 6. The molecule has 0 spiro atoms. The van der Waals surface area contributed by atoms with Crippen LogP contribution in [0.3, 0.4) is 0 Å². The van der Waals surface area contributed by atoms with Gasteiger partial charge in [-0.25, -0.2) is 18.7 Å². The van der Waals surface area contributed by atoms with Crippen LogP contribution < -0.4 is 16.4 Å². The summed E-state index contributed by atoms with van der Waals surface area (Å²) in [6.45, 7) is 2.39. The smallest absolute Gasteiger partial charge is 0.160 e. The van der Waals surface area contributed by atoms with Crippen LogP contribution in [0.4, 0.5) is 31.8 Å². The minimum atomic E-state index is -0.954. The van der Waals surface area contributed by atoms with Crippen molar-refractivity contribution in [3.05, 3.63) is 36.2 Å². The summed E-state index contributed by atoms with van der Waals surface area (Å²) in [6, 6.07) is 3.44. The summed E-state index contributed by atoms with van der Waals surface area (Å²) in [5.41, 5.74) is 6.59. The number of nitrogens with two attached hydrogens (primary N) is 1. The van der Waals surface area contributed by atoms with Crippen LogP contribution in [0, 0.1) is 11.6 Å². The maximum absolute atomic E-state index is 13.2. The molecule has 22 heavy (non-hydrogen) atoms. The van der Waals surface area contributed by atoms with E-state index in [2.05, 4.69) is 20.6 Å². The molecule has 1 aromatic heterocycles. The van der Waals surface area contributed by atoms with Gasteiger partial charge in [-0.2, -0.15) is 0 Å². The number of anilines is 4. The molecule has 0 aliphatic heterocycles. The van der Waals surface area contributed by atoms with Gasteiger partial charge < -0.3 is 21.1 Å². The Morgan fingerprint density at radius 1 is 1.23 bits per heavy atom. The van der Waals surface area contributed by atoms with Crippen molar-refractivity contribution in [2.24, 2.45) is 0 Å². The molecule has 4 N–H and O–H groups in total. The molecular formula is C14H17F2N5O. The molecule has 1 aromatic carbocycles. The average molecular weight is 309 g/mol. The molecule has 0 amide bonds. The lowest BCUT2D eigenvalue weighted by atomic mass is 10.3. The molecule has 0 radical (unpaired) electrons. The molecule has 8 heteroatoms. The molecule has 2 aromatic rings. The maximum Gasteiger partial charge on any atom is 0.160 e. The second-order valence-corrected chi connectivity index (χ2v) is 4.74. The number of halogens is 2. The predicted molar refractivity (Wildman–Crippen MR) is 81.0 cm³/mol. The molecule has 1 unspecified atom stereocenters. The SMILES string of the molecule is COCC(C)Nc1ncnc(Nc2ccc(F)c(F)c2)c1N. The van der Waals surface area contributed by atoms with E-state index < -0.39 is 11.6 Å². The van der Waals surface area contributed by atoms with Gasteiger partial charge in [-0.15, -0.1) is 0 Å². The van der Waals surface area contributed by atoms with Crippen LogP contribution >= 0.6 is 0 Å². The standard InChI is InChI=1S/C14H17F2N5O/c1-8(6-22-2)20-13-12(17)14(19-7-18-13)21-9-3-4-10(15)11(16)5-9/h3-5,7-8H,6,17H2,1-2H3,(H2,18,19,20,21). The first kappa shape index (κ1) is 15.9. The molecule has 118 valence electrons. The van der Waals surface area contributed by atoms with Gasteiger partial charge in [-0.1, -0.05) is 0 Å². The first-order chi connectivity index (χ1) is 10.5. The molecule has 1 heterocycles. The molecule has 0 bridgehead atoms. The molecule has 6 nitrogen and oxygen atoms in total. The first-order valence-electron chi connectivity index (χ1n) is 6.59. The zero-order valence-electron chi connectivity index (χ0n) is 12.2. The molecule has 2 rings (SSSR count). The maximum atomic E-state index is 13.2. The molecule has 0 saturated carbocycles. The fourth-order valence-corrected chi connectivity index (χ4v) is 1.85. The van der Waals surface area contributed by atoms with E-state index in [1.54, 1.807) is 7.11 Å². The van der Waals surface area contributed by atoms with E-state index in [1.807, 2.05) is 6.92 Å². The van der Waals surface area contributed by atoms with Crippen molar-refractivity contribution in [3.8, 4) is 0 Å². The van der Waals surface area contributed by atoms with Gasteiger partial charge in [0.05, 0.1) is 6.61 Å². The third-order valence-corrected chi connectivity index (χ3v) is 2.87. The van der Waals surface area contributed by atoms with Gasteiger partial charge in [0, 0.05) is 24.9 Å². The van der Waals surface area contributed by atoms with Crippen LogP contribution in [-0.4, -0.2) is 29.7 Å². The number of nitrogens with one attached hydrogen (secondary N) is 2. The third-order valence-electron chi connectivity index (χ3n) is 2.87. The van der Waals surface area contributed by atoms with Crippen LogP contribution in [0.2, 0.25) is 0 Å². The quantitative estimate of drug-likeness (QED) is 0.760. The van der Waals surface area contributed by atoms with Gasteiger partial charge >= 0.3 is 0 Å². The highest BCUT2D eigenvalue weighted by Gasteiger charge is 2.11. The number of methoxy groups -OCH3 is 1. The molecule has 0 aliphatic rings. The number of hydrogen-bond acceptors (Lipinski definition) is 6. The predicted octanol–water partition coefficient (Wildman–Crippen LogP) is 2.53. The van der Waals surface area contributed by atoms with Crippen LogP contribution in [0.25, 0.3) is 0 Å². The van der Waals surface area contributed by atoms with E-state index in [0.717, 1.165) is 12.1 Å². The largest absolute Gasteiger partial charge is 0.393 e. The van der Waals surface area contributed by atoms with Gasteiger partial charge in [0.25, 0.3) is 0 Å². The summed E-state index contributed by atoms with van der Waals surface area (Å²) < 4.78 is 31.2. The molecule has 1 atom stereocenters. The lowest BCUT2D eigenvalue weighted by Gasteiger charge is -2.16. The second-order valence-electron chi connectivity index (χ2n) is 4.74. The van der Waals surface area contributed by atoms with Crippen molar-refractivity contribution in [3.63, 3.8) is 0 Å². The molecular weight excluding hydrogens is 292 g/mol. The molecule has 0 fully saturated rings. The molecule has 0 aliphatic carbocycles. The highest BCUT2D eigenvalue weighted by molar-refractivity contribution is 5.77. The highest BCUT2D eigenvalue weighted by Crippen LogP contribution is 2.26. The van der Waals surface area contributed by atoms with Crippen molar-refractivity contribution in [2.45, 2.75) is 13.0 Å². The summed E-state index contributed by atoms with van der Waals surface area (Å²) in [6.07, 6.45) is 1.32. The lowest BCUT2D eigenvalue weighted by molar-refractivity contribution is 0.190. The Bertz CT molecular complexity index is 653. The fraction of sp³-hybridized carbons (Fsp3) is 0.286. The highest BCUT2D eigenvalue weighted by atomic mass is 19.2. The Morgan fingerprint density at radius 3 is 2.64 bits per heavy atom. The zero-order chi connectivity index (χ0) is 16.1. The second kappa shape index (κ2) is 6.99. The average Bonchev–Trinajstić information content (AvgIpc) is 2.47. The third kappa shape index (κ3) is 3.79. The van der Waals surface area contributed by atoms with E-state index in [4.69, 9.17) is 10.5 Å². The topological polar surface area (TPSA) is 85.1 Å². The monoisotopic (exact) mass is 309 g/mol. The van der Waals surface area contributed by atoms with Crippen molar-refractivity contribution in [1.29, 1.82) is 0 Å². The van der Waals surface area contributed by atoms with Crippen molar-refractivity contribution < 1.29 is 13.5 Å². The fourth-order valence-electron chi connectivity index (χ4n) is 1.85. The van der Waals surface area contributed by atoms with E-state index in [1.165, 1.54) is 12.4 Å². The number of ether oxygens (including phenoxy) is 1.